The van der Waals surface area contributed by atoms with Gasteiger partial charge in [0.05, 0.1) is 0 Å². The van der Waals surface area contributed by atoms with Gasteiger partial charge in [0.15, 0.2) is 0 Å². The van der Waals surface area contributed by atoms with Crippen LogP contribution >= 0.6 is 15.9 Å². The Balaban J connectivity index is 1.87. The Labute approximate surface area is 94.0 Å². The van der Waals surface area contributed by atoms with Gasteiger partial charge in [-0.25, -0.2) is 0 Å². The standard InChI is InChI=1S/C12H16BrN/c1-9-6-12(13)5-4-11(9)8-14-7-10-2-3-10/h4-6,10,14H,2-3,7-8H2,1H3. The molecule has 2 rings (SSSR count). The molecule has 0 heterocycles. The number of halogens is 1. The SMILES string of the molecule is Cc1cc(Br)ccc1CNCC1CC1. The molecule has 0 atom stereocenters. The normalized spacial score (nSPS) is 15.9. The van der Waals surface area contributed by atoms with E-state index in [4.69, 9.17) is 0 Å². The van der Waals surface area contributed by atoms with Gasteiger partial charge in [-0.15, -0.1) is 0 Å². The van der Waals surface area contributed by atoms with Crippen LogP contribution in [0.1, 0.15) is 24.0 Å². The molecule has 1 N–H and O–H groups in total. The first-order chi connectivity index (χ1) is 6.75. The smallest absolute Gasteiger partial charge is 0.0208 e. The average Bonchev–Trinajstić information content (AvgIpc) is 2.92. The molecule has 0 aromatic heterocycles. The fraction of sp³-hybridized carbons (Fsp3) is 0.500. The maximum atomic E-state index is 3.51. The summed E-state index contributed by atoms with van der Waals surface area (Å²) in [5.74, 6) is 0.964. The second-order valence-electron chi connectivity index (χ2n) is 4.15. The Kier molecular flexibility index (Phi) is 3.24. The van der Waals surface area contributed by atoms with Crippen molar-refractivity contribution in [2.75, 3.05) is 6.54 Å². The van der Waals surface area contributed by atoms with Gasteiger partial charge in [0.25, 0.3) is 0 Å². The molecule has 0 bridgehead atoms. The largest absolute Gasteiger partial charge is 0.312 e. The summed E-state index contributed by atoms with van der Waals surface area (Å²) in [6.45, 7) is 4.37. The molecule has 1 aliphatic rings. The quantitative estimate of drug-likeness (QED) is 0.869. The van der Waals surface area contributed by atoms with E-state index in [0.29, 0.717) is 0 Å². The van der Waals surface area contributed by atoms with E-state index in [1.54, 1.807) is 0 Å². The summed E-state index contributed by atoms with van der Waals surface area (Å²) < 4.78 is 1.17. The Morgan fingerprint density at radius 3 is 2.86 bits per heavy atom. The molecule has 0 radical (unpaired) electrons. The predicted octanol–water partition coefficient (Wildman–Crippen LogP) is 3.26. The molecule has 76 valence electrons. The van der Waals surface area contributed by atoms with E-state index < -0.39 is 0 Å². The summed E-state index contributed by atoms with van der Waals surface area (Å²) in [6, 6.07) is 6.48. The molecule has 0 saturated heterocycles. The molecule has 0 spiro atoms. The van der Waals surface area contributed by atoms with E-state index in [-0.39, 0.29) is 0 Å². The summed E-state index contributed by atoms with van der Waals surface area (Å²) in [4.78, 5) is 0. The fourth-order valence-corrected chi connectivity index (χ4v) is 2.07. The molecule has 1 saturated carbocycles. The molecule has 14 heavy (non-hydrogen) atoms. The number of aryl methyl sites for hydroxylation is 1. The number of nitrogens with one attached hydrogen (secondary N) is 1. The first kappa shape index (κ1) is 10.2. The summed E-state index contributed by atoms with van der Waals surface area (Å²) in [5.41, 5.74) is 2.77. The molecule has 1 aromatic rings. The highest BCUT2D eigenvalue weighted by molar-refractivity contribution is 9.10. The molecule has 1 aliphatic carbocycles. The van der Waals surface area contributed by atoms with Gasteiger partial charge in [0.1, 0.15) is 0 Å². The highest BCUT2D eigenvalue weighted by Crippen LogP contribution is 2.27. The number of benzene rings is 1. The minimum atomic E-state index is 0.964. The molecule has 2 heteroatoms. The van der Waals surface area contributed by atoms with Crippen molar-refractivity contribution >= 4 is 15.9 Å². The van der Waals surface area contributed by atoms with Crippen molar-refractivity contribution < 1.29 is 0 Å². The maximum Gasteiger partial charge on any atom is 0.0208 e. The first-order valence-electron chi connectivity index (χ1n) is 5.21. The van der Waals surface area contributed by atoms with Crippen molar-refractivity contribution in [3.8, 4) is 0 Å². The van der Waals surface area contributed by atoms with E-state index in [9.17, 15) is 0 Å². The molecular formula is C12H16BrN. The van der Waals surface area contributed by atoms with Crippen LogP contribution in [0.3, 0.4) is 0 Å². The zero-order valence-corrected chi connectivity index (χ0v) is 10.1. The van der Waals surface area contributed by atoms with Gasteiger partial charge in [-0.3, -0.25) is 0 Å². The van der Waals surface area contributed by atoms with Gasteiger partial charge >= 0.3 is 0 Å². The minimum absolute atomic E-state index is 0.964. The summed E-state index contributed by atoms with van der Waals surface area (Å²) in [7, 11) is 0. The Morgan fingerprint density at radius 1 is 1.43 bits per heavy atom. The van der Waals surface area contributed by atoms with Crippen molar-refractivity contribution in [2.24, 2.45) is 5.92 Å². The minimum Gasteiger partial charge on any atom is -0.312 e. The van der Waals surface area contributed by atoms with Crippen LogP contribution in [-0.4, -0.2) is 6.54 Å². The van der Waals surface area contributed by atoms with Crippen LogP contribution in [0.25, 0.3) is 0 Å². The van der Waals surface area contributed by atoms with Crippen molar-refractivity contribution in [1.29, 1.82) is 0 Å². The average molecular weight is 254 g/mol. The monoisotopic (exact) mass is 253 g/mol. The van der Waals surface area contributed by atoms with E-state index >= 15 is 0 Å². The topological polar surface area (TPSA) is 12.0 Å². The summed E-state index contributed by atoms with van der Waals surface area (Å²) >= 11 is 3.48. The summed E-state index contributed by atoms with van der Waals surface area (Å²) in [5, 5.41) is 3.51. The number of rotatable bonds is 4. The van der Waals surface area contributed by atoms with Crippen LogP contribution in [-0.2, 0) is 6.54 Å². The Morgan fingerprint density at radius 2 is 2.21 bits per heavy atom. The maximum absolute atomic E-state index is 3.51. The zero-order chi connectivity index (χ0) is 9.97. The predicted molar refractivity (Wildman–Crippen MR) is 63.3 cm³/mol. The summed E-state index contributed by atoms with van der Waals surface area (Å²) in [6.07, 6.45) is 2.85. The second kappa shape index (κ2) is 4.45. The second-order valence-corrected chi connectivity index (χ2v) is 5.06. The van der Waals surface area contributed by atoms with Gasteiger partial charge in [-0.05, 0) is 55.5 Å². The first-order valence-corrected chi connectivity index (χ1v) is 6.01. The lowest BCUT2D eigenvalue weighted by molar-refractivity contribution is 0.637. The van der Waals surface area contributed by atoms with Gasteiger partial charge < -0.3 is 5.32 Å². The third-order valence-electron chi connectivity index (χ3n) is 2.75. The van der Waals surface area contributed by atoms with E-state index in [1.165, 1.54) is 35.0 Å². The van der Waals surface area contributed by atoms with Gasteiger partial charge in [-0.2, -0.15) is 0 Å². The van der Waals surface area contributed by atoms with Crippen molar-refractivity contribution in [3.63, 3.8) is 0 Å². The molecular weight excluding hydrogens is 238 g/mol. The lowest BCUT2D eigenvalue weighted by Gasteiger charge is -2.07. The third-order valence-corrected chi connectivity index (χ3v) is 3.24. The van der Waals surface area contributed by atoms with Gasteiger partial charge in [-0.1, -0.05) is 22.0 Å². The van der Waals surface area contributed by atoms with E-state index in [1.807, 2.05) is 0 Å². The van der Waals surface area contributed by atoms with Crippen molar-refractivity contribution in [1.82, 2.24) is 5.32 Å². The lowest BCUT2D eigenvalue weighted by Crippen LogP contribution is -2.16. The fourth-order valence-electron chi connectivity index (χ4n) is 1.59. The molecule has 1 aromatic carbocycles. The third kappa shape index (κ3) is 2.82. The van der Waals surface area contributed by atoms with Crippen molar-refractivity contribution in [2.45, 2.75) is 26.3 Å². The molecule has 0 amide bonds. The van der Waals surface area contributed by atoms with Crippen LogP contribution in [0.4, 0.5) is 0 Å². The number of hydrogen-bond donors (Lipinski definition) is 1. The highest BCUT2D eigenvalue weighted by Gasteiger charge is 2.20. The van der Waals surface area contributed by atoms with Crippen LogP contribution in [0.15, 0.2) is 22.7 Å². The van der Waals surface area contributed by atoms with Crippen molar-refractivity contribution in [3.05, 3.63) is 33.8 Å². The zero-order valence-electron chi connectivity index (χ0n) is 8.52. The van der Waals surface area contributed by atoms with E-state index in [0.717, 1.165) is 12.5 Å². The molecule has 1 fully saturated rings. The van der Waals surface area contributed by atoms with Crippen LogP contribution < -0.4 is 5.32 Å². The molecule has 0 unspecified atom stereocenters. The molecule has 1 nitrogen and oxygen atoms in total. The number of hydrogen-bond acceptors (Lipinski definition) is 1. The van der Waals surface area contributed by atoms with Crippen LogP contribution in [0.2, 0.25) is 0 Å². The Hall–Kier alpha value is -0.340. The highest BCUT2D eigenvalue weighted by atomic mass is 79.9. The molecule has 0 aliphatic heterocycles. The van der Waals surface area contributed by atoms with Crippen LogP contribution in [0, 0.1) is 12.8 Å². The van der Waals surface area contributed by atoms with E-state index in [2.05, 4.69) is 46.4 Å². The van der Waals surface area contributed by atoms with Gasteiger partial charge in [0.2, 0.25) is 0 Å². The Bertz CT molecular complexity index is 318. The van der Waals surface area contributed by atoms with Crippen LogP contribution in [0.5, 0.6) is 0 Å². The van der Waals surface area contributed by atoms with Gasteiger partial charge in [0, 0.05) is 11.0 Å². The lowest BCUT2D eigenvalue weighted by atomic mass is 10.1.